The molecule has 0 aliphatic carbocycles. The second-order valence-corrected chi connectivity index (χ2v) is 20.6. The molecule has 0 bridgehead atoms. The number of nitrogen functional groups attached to an aromatic ring is 1. The Hall–Kier alpha value is -6.13. The first-order chi connectivity index (χ1) is 29.3. The average molecular weight is 930 g/mol. The van der Waals surface area contributed by atoms with Crippen molar-refractivity contribution in [2.45, 2.75) is 69.1 Å². The van der Waals surface area contributed by atoms with Gasteiger partial charge < -0.3 is 11.1 Å². The Morgan fingerprint density at radius 2 is 0.968 bits per heavy atom. The van der Waals surface area contributed by atoms with Crippen molar-refractivity contribution >= 4 is 83.5 Å². The molecule has 63 heavy (non-hydrogen) atoms. The highest BCUT2D eigenvalue weighted by atomic mass is 35.5. The fraction of sp³-hybridized carbons (Fsp3) is 0.196. The summed E-state index contributed by atoms with van der Waals surface area (Å²) in [7, 11) is -7.98. The lowest BCUT2D eigenvalue weighted by atomic mass is 9.87. The van der Waals surface area contributed by atoms with Crippen molar-refractivity contribution in [3.05, 3.63) is 165 Å². The Kier molecular flexibility index (Phi) is 14.5. The molecule has 13 nitrogen and oxygen atoms in total. The van der Waals surface area contributed by atoms with E-state index in [-0.39, 0.29) is 64.9 Å². The fourth-order valence-corrected chi connectivity index (χ4v) is 8.40. The molecule has 0 spiro atoms. The van der Waals surface area contributed by atoms with Crippen molar-refractivity contribution in [2.24, 2.45) is 0 Å². The molecule has 0 aliphatic heterocycles. The molecule has 2 aromatic heterocycles. The molecular weight excluding hydrogens is 884 g/mol. The highest BCUT2D eigenvalue weighted by molar-refractivity contribution is 7.93. The summed E-state index contributed by atoms with van der Waals surface area (Å²) in [5.74, 6) is -1.28. The van der Waals surface area contributed by atoms with Gasteiger partial charge in [0.1, 0.15) is 11.4 Å². The summed E-state index contributed by atoms with van der Waals surface area (Å²) < 4.78 is 56.8. The summed E-state index contributed by atoms with van der Waals surface area (Å²) in [5.41, 5.74) is 8.64. The van der Waals surface area contributed by atoms with Crippen molar-refractivity contribution in [3.63, 3.8) is 0 Å². The van der Waals surface area contributed by atoms with E-state index in [2.05, 4.69) is 24.7 Å². The van der Waals surface area contributed by atoms with E-state index in [4.69, 9.17) is 28.9 Å². The minimum Gasteiger partial charge on any atom is -0.399 e. The monoisotopic (exact) mass is 928 g/mol. The first-order valence-electron chi connectivity index (χ1n) is 19.2. The molecule has 4 aromatic carbocycles. The standard InChI is InChI=1S/C24H24ClN3O4S.C22H22ClN3O3S/c1-15(29)27-19-7-5-6-16(12-19)23(30)22-21(13-18(25)14-26-22)28-33(31,32)20-10-8-17(9-11-20)24(2,3)4;1-22(2,3)15-7-9-18(10-8-15)30(28,29)26-19-12-16(23)13-25-20(19)21(27)14-5-4-6-17(24)11-14/h5-14,28H,1-4H3,(H,27,29);4-13,26H,24H2,1-3H3. The van der Waals surface area contributed by atoms with Crippen LogP contribution in [0.1, 0.15) is 91.7 Å². The zero-order chi connectivity index (χ0) is 46.5. The number of ketones is 2. The lowest BCUT2D eigenvalue weighted by molar-refractivity contribution is -0.114. The number of aromatic nitrogens is 2. The number of halogens is 2. The van der Waals surface area contributed by atoms with Crippen LogP contribution in [0.15, 0.2) is 131 Å². The van der Waals surface area contributed by atoms with Gasteiger partial charge in [0, 0.05) is 41.8 Å². The van der Waals surface area contributed by atoms with Gasteiger partial charge in [0.15, 0.2) is 0 Å². The van der Waals surface area contributed by atoms with Crippen LogP contribution in [0.5, 0.6) is 0 Å². The smallest absolute Gasteiger partial charge is 0.261 e. The van der Waals surface area contributed by atoms with E-state index in [9.17, 15) is 31.2 Å². The molecule has 0 aliphatic rings. The Balaban J connectivity index is 0.000000239. The number of amides is 1. The molecule has 0 saturated carbocycles. The first kappa shape index (κ1) is 47.9. The van der Waals surface area contributed by atoms with Gasteiger partial charge in [-0.2, -0.15) is 0 Å². The number of sulfonamides is 2. The van der Waals surface area contributed by atoms with Gasteiger partial charge in [-0.25, -0.2) is 26.8 Å². The SMILES string of the molecule is CC(=O)Nc1cccc(C(=O)c2ncc(Cl)cc2NS(=O)(=O)c2ccc(C(C)(C)C)cc2)c1.CC(C)(C)c1ccc(S(=O)(=O)Nc2cc(Cl)cnc2C(=O)c2cccc(N)c2)cc1. The van der Waals surface area contributed by atoms with Gasteiger partial charge in [-0.05, 0) is 82.6 Å². The zero-order valence-corrected chi connectivity index (χ0v) is 38.6. The van der Waals surface area contributed by atoms with E-state index in [1.54, 1.807) is 60.7 Å². The zero-order valence-electron chi connectivity index (χ0n) is 35.4. The molecular formula is C46H46Cl2N6O7S2. The Bertz CT molecular complexity index is 2910. The van der Waals surface area contributed by atoms with E-state index >= 15 is 0 Å². The molecule has 0 radical (unpaired) electrons. The van der Waals surface area contributed by atoms with Gasteiger partial charge in [0.25, 0.3) is 20.0 Å². The number of rotatable bonds is 11. The second kappa shape index (κ2) is 19.1. The van der Waals surface area contributed by atoms with E-state index < -0.39 is 31.6 Å². The summed E-state index contributed by atoms with van der Waals surface area (Å²) in [6.07, 6.45) is 2.55. The van der Waals surface area contributed by atoms with E-state index in [0.717, 1.165) is 11.1 Å². The van der Waals surface area contributed by atoms with Crippen molar-refractivity contribution in [2.75, 3.05) is 20.5 Å². The van der Waals surface area contributed by atoms with Crippen molar-refractivity contribution in [1.29, 1.82) is 0 Å². The molecule has 0 fully saturated rings. The Morgan fingerprint density at radius 1 is 0.571 bits per heavy atom. The van der Waals surface area contributed by atoms with Gasteiger partial charge in [0.2, 0.25) is 17.5 Å². The molecule has 5 N–H and O–H groups in total. The number of nitrogens with zero attached hydrogens (tertiary/aromatic N) is 2. The highest BCUT2D eigenvalue weighted by Gasteiger charge is 2.25. The lowest BCUT2D eigenvalue weighted by Gasteiger charge is -2.19. The Morgan fingerprint density at radius 3 is 1.35 bits per heavy atom. The van der Waals surface area contributed by atoms with Crippen LogP contribution in [0.25, 0.3) is 0 Å². The van der Waals surface area contributed by atoms with E-state index in [0.29, 0.717) is 16.9 Å². The highest BCUT2D eigenvalue weighted by Crippen LogP contribution is 2.29. The normalized spacial score (nSPS) is 11.8. The Labute approximate surface area is 377 Å². The average Bonchev–Trinajstić information content (AvgIpc) is 3.20. The van der Waals surface area contributed by atoms with E-state index in [1.165, 1.54) is 67.8 Å². The minimum absolute atomic E-state index is 0.00479. The third kappa shape index (κ3) is 12.5. The number of carbonyl (C=O) groups is 3. The molecule has 0 unspecified atom stereocenters. The minimum atomic E-state index is -4.01. The fourth-order valence-electron chi connectivity index (χ4n) is 5.97. The number of benzene rings is 4. The third-order valence-electron chi connectivity index (χ3n) is 9.28. The molecule has 0 atom stereocenters. The number of hydrogen-bond donors (Lipinski definition) is 4. The van der Waals surface area contributed by atoms with Crippen LogP contribution in [0.4, 0.5) is 22.7 Å². The van der Waals surface area contributed by atoms with Gasteiger partial charge in [-0.1, -0.05) is 113 Å². The van der Waals surface area contributed by atoms with Crippen molar-refractivity contribution < 1.29 is 31.2 Å². The molecule has 1 amide bonds. The van der Waals surface area contributed by atoms with Gasteiger partial charge >= 0.3 is 0 Å². The number of nitrogens with two attached hydrogens (primary N) is 1. The predicted molar refractivity (Wildman–Crippen MR) is 249 cm³/mol. The van der Waals surface area contributed by atoms with Crippen LogP contribution >= 0.6 is 23.2 Å². The quantitative estimate of drug-likeness (QED) is 0.0714. The third-order valence-corrected chi connectivity index (χ3v) is 12.5. The largest absolute Gasteiger partial charge is 0.399 e. The lowest BCUT2D eigenvalue weighted by Crippen LogP contribution is -2.18. The van der Waals surface area contributed by atoms with Crippen molar-refractivity contribution in [1.82, 2.24) is 9.97 Å². The number of hydrogen-bond acceptors (Lipinski definition) is 10. The van der Waals surface area contributed by atoms with Crippen LogP contribution in [0, 0.1) is 0 Å². The van der Waals surface area contributed by atoms with Crippen molar-refractivity contribution in [3.8, 4) is 0 Å². The molecule has 2 heterocycles. The van der Waals surface area contributed by atoms with Crippen LogP contribution < -0.4 is 20.5 Å². The maximum Gasteiger partial charge on any atom is 0.261 e. The molecule has 6 rings (SSSR count). The topological polar surface area (TPSA) is 207 Å². The molecule has 328 valence electrons. The van der Waals surface area contributed by atoms with Gasteiger partial charge in [0.05, 0.1) is 31.2 Å². The maximum absolute atomic E-state index is 13.1. The van der Waals surface area contributed by atoms with E-state index in [1.807, 2.05) is 41.5 Å². The van der Waals surface area contributed by atoms with Crippen LogP contribution in [0.2, 0.25) is 10.0 Å². The van der Waals surface area contributed by atoms with Crippen LogP contribution in [-0.4, -0.2) is 44.3 Å². The molecule has 0 saturated heterocycles. The summed E-state index contributed by atoms with van der Waals surface area (Å²) in [4.78, 5) is 45.6. The first-order valence-corrected chi connectivity index (χ1v) is 23.0. The van der Waals surface area contributed by atoms with Crippen LogP contribution in [0.3, 0.4) is 0 Å². The maximum atomic E-state index is 13.1. The summed E-state index contributed by atoms with van der Waals surface area (Å²) in [6.45, 7) is 13.6. The predicted octanol–water partition coefficient (Wildman–Crippen LogP) is 9.67. The summed E-state index contributed by atoms with van der Waals surface area (Å²) in [6, 6.07) is 28.5. The number of carbonyl (C=O) groups excluding carboxylic acids is 3. The number of pyridine rings is 2. The molecule has 17 heteroatoms. The molecule has 6 aromatic rings. The van der Waals surface area contributed by atoms with Crippen LogP contribution in [-0.2, 0) is 35.7 Å². The summed E-state index contributed by atoms with van der Waals surface area (Å²) in [5, 5.41) is 2.97. The number of anilines is 4. The van der Waals surface area contributed by atoms with Gasteiger partial charge in [-0.3, -0.25) is 23.8 Å². The second-order valence-electron chi connectivity index (χ2n) is 16.4. The number of nitrogens with one attached hydrogen (secondary N) is 3. The summed E-state index contributed by atoms with van der Waals surface area (Å²) >= 11 is 12.0. The van der Waals surface area contributed by atoms with Gasteiger partial charge in [-0.15, -0.1) is 0 Å².